The molecule has 0 amide bonds. The first-order chi connectivity index (χ1) is 8.60. The molecule has 5 nitrogen and oxygen atoms in total. The summed E-state index contributed by atoms with van der Waals surface area (Å²) in [5, 5.41) is 7.37. The summed E-state index contributed by atoms with van der Waals surface area (Å²) in [7, 11) is 0. The average molecular weight is 251 g/mol. The minimum Gasteiger partial charge on any atom is -0.338 e. The Balaban J connectivity index is 1.97. The van der Waals surface area contributed by atoms with Crippen LogP contribution in [0.15, 0.2) is 0 Å². The van der Waals surface area contributed by atoms with Gasteiger partial charge in [-0.25, -0.2) is 0 Å². The van der Waals surface area contributed by atoms with Crippen molar-refractivity contribution in [3.05, 3.63) is 5.82 Å². The summed E-state index contributed by atoms with van der Waals surface area (Å²) in [6.07, 6.45) is 3.26. The molecule has 0 aliphatic carbocycles. The molecular weight excluding hydrogens is 226 g/mol. The SMILES string of the molecule is CCC(C)Cc1nc(N2CCC(C)C(N)C2)n[nH]1. The average Bonchev–Trinajstić information content (AvgIpc) is 2.81. The molecule has 1 aromatic rings. The molecule has 18 heavy (non-hydrogen) atoms. The van der Waals surface area contributed by atoms with Crippen LogP contribution in [0.4, 0.5) is 5.95 Å². The molecule has 2 rings (SSSR count). The standard InChI is InChI=1S/C13H25N5/c1-4-9(2)7-12-15-13(17-16-12)18-6-5-10(3)11(14)8-18/h9-11H,4-8,14H2,1-3H3,(H,15,16,17). The number of nitrogens with two attached hydrogens (primary N) is 1. The summed E-state index contributed by atoms with van der Waals surface area (Å²) in [5.41, 5.74) is 6.11. The molecule has 1 saturated heterocycles. The van der Waals surface area contributed by atoms with Crippen LogP contribution in [0.2, 0.25) is 0 Å². The highest BCUT2D eigenvalue weighted by atomic mass is 15.4. The van der Waals surface area contributed by atoms with Crippen molar-refractivity contribution in [1.82, 2.24) is 15.2 Å². The summed E-state index contributed by atoms with van der Waals surface area (Å²) in [6, 6.07) is 0.232. The lowest BCUT2D eigenvalue weighted by molar-refractivity contribution is 0.376. The topological polar surface area (TPSA) is 70.8 Å². The number of aromatic nitrogens is 3. The number of hydrogen-bond donors (Lipinski definition) is 2. The predicted molar refractivity (Wildman–Crippen MR) is 73.5 cm³/mol. The van der Waals surface area contributed by atoms with Crippen LogP contribution in [-0.4, -0.2) is 34.3 Å². The summed E-state index contributed by atoms with van der Waals surface area (Å²) in [4.78, 5) is 6.78. The molecule has 0 bridgehead atoms. The van der Waals surface area contributed by atoms with Crippen molar-refractivity contribution < 1.29 is 0 Å². The maximum atomic E-state index is 6.11. The normalized spacial score (nSPS) is 26.3. The zero-order chi connectivity index (χ0) is 13.1. The highest BCUT2D eigenvalue weighted by Crippen LogP contribution is 2.20. The molecule has 0 radical (unpaired) electrons. The zero-order valence-corrected chi connectivity index (χ0v) is 11.7. The third kappa shape index (κ3) is 3.02. The fourth-order valence-electron chi connectivity index (χ4n) is 2.27. The van der Waals surface area contributed by atoms with Crippen LogP contribution < -0.4 is 10.6 Å². The number of piperidine rings is 1. The van der Waals surface area contributed by atoms with Gasteiger partial charge in [-0.2, -0.15) is 4.98 Å². The Bertz CT molecular complexity index is 375. The van der Waals surface area contributed by atoms with Gasteiger partial charge in [0.05, 0.1) is 0 Å². The predicted octanol–water partition coefficient (Wildman–Crippen LogP) is 1.57. The van der Waals surface area contributed by atoms with Crippen molar-refractivity contribution in [2.24, 2.45) is 17.6 Å². The fraction of sp³-hybridized carbons (Fsp3) is 0.846. The van der Waals surface area contributed by atoms with Gasteiger partial charge in [0.1, 0.15) is 5.82 Å². The van der Waals surface area contributed by atoms with E-state index in [9.17, 15) is 0 Å². The second-order valence-electron chi connectivity index (χ2n) is 5.68. The molecule has 1 fully saturated rings. The summed E-state index contributed by atoms with van der Waals surface area (Å²) in [5.74, 6) is 3.05. The van der Waals surface area contributed by atoms with Gasteiger partial charge in [0.25, 0.3) is 0 Å². The van der Waals surface area contributed by atoms with E-state index in [0.717, 1.165) is 37.7 Å². The summed E-state index contributed by atoms with van der Waals surface area (Å²) in [6.45, 7) is 8.53. The first-order valence-electron chi connectivity index (χ1n) is 7.02. The van der Waals surface area contributed by atoms with Crippen molar-refractivity contribution >= 4 is 5.95 Å². The van der Waals surface area contributed by atoms with Gasteiger partial charge in [-0.15, -0.1) is 5.10 Å². The highest BCUT2D eigenvalue weighted by molar-refractivity contribution is 5.30. The van der Waals surface area contributed by atoms with Gasteiger partial charge in [0.15, 0.2) is 0 Å². The van der Waals surface area contributed by atoms with E-state index in [1.54, 1.807) is 0 Å². The molecule has 1 aliphatic heterocycles. The maximum absolute atomic E-state index is 6.11. The van der Waals surface area contributed by atoms with Crippen LogP contribution in [0.5, 0.6) is 0 Å². The van der Waals surface area contributed by atoms with E-state index in [1.165, 1.54) is 6.42 Å². The Kier molecular flexibility index (Phi) is 4.22. The highest BCUT2D eigenvalue weighted by Gasteiger charge is 2.25. The van der Waals surface area contributed by atoms with Gasteiger partial charge in [0, 0.05) is 25.6 Å². The fourth-order valence-corrected chi connectivity index (χ4v) is 2.27. The van der Waals surface area contributed by atoms with Gasteiger partial charge >= 0.3 is 0 Å². The largest absolute Gasteiger partial charge is 0.338 e. The molecule has 0 spiro atoms. The summed E-state index contributed by atoms with van der Waals surface area (Å²) >= 11 is 0. The van der Waals surface area contributed by atoms with Crippen LogP contribution in [-0.2, 0) is 6.42 Å². The van der Waals surface area contributed by atoms with E-state index in [2.05, 4.69) is 40.9 Å². The summed E-state index contributed by atoms with van der Waals surface area (Å²) < 4.78 is 0. The second-order valence-corrected chi connectivity index (χ2v) is 5.68. The minimum atomic E-state index is 0.232. The van der Waals surface area contributed by atoms with Crippen LogP contribution in [0.25, 0.3) is 0 Å². The lowest BCUT2D eigenvalue weighted by Gasteiger charge is -2.34. The minimum absolute atomic E-state index is 0.232. The van der Waals surface area contributed by atoms with Crippen LogP contribution in [0.1, 0.15) is 39.4 Å². The van der Waals surface area contributed by atoms with E-state index in [-0.39, 0.29) is 6.04 Å². The Hall–Kier alpha value is -1.10. The molecule has 1 aromatic heterocycles. The molecule has 3 unspecified atom stereocenters. The molecule has 3 atom stereocenters. The van der Waals surface area contributed by atoms with Crippen molar-refractivity contribution in [2.75, 3.05) is 18.0 Å². The quantitative estimate of drug-likeness (QED) is 0.852. The van der Waals surface area contributed by atoms with Gasteiger partial charge in [-0.3, -0.25) is 5.10 Å². The van der Waals surface area contributed by atoms with Crippen LogP contribution in [0, 0.1) is 11.8 Å². The monoisotopic (exact) mass is 251 g/mol. The lowest BCUT2D eigenvalue weighted by Crippen LogP contribution is -2.48. The van der Waals surface area contributed by atoms with E-state index >= 15 is 0 Å². The molecule has 5 heteroatoms. The third-order valence-corrected chi connectivity index (χ3v) is 4.06. The van der Waals surface area contributed by atoms with Crippen molar-refractivity contribution in [1.29, 1.82) is 0 Å². The zero-order valence-electron chi connectivity index (χ0n) is 11.7. The van der Waals surface area contributed by atoms with Crippen LogP contribution >= 0.6 is 0 Å². The van der Waals surface area contributed by atoms with Crippen LogP contribution in [0.3, 0.4) is 0 Å². The first-order valence-corrected chi connectivity index (χ1v) is 7.02. The van der Waals surface area contributed by atoms with Gasteiger partial charge in [0.2, 0.25) is 5.95 Å². The van der Waals surface area contributed by atoms with E-state index in [4.69, 9.17) is 5.73 Å². The molecule has 1 aliphatic rings. The number of hydrogen-bond acceptors (Lipinski definition) is 4. The number of H-pyrrole nitrogens is 1. The molecule has 3 N–H and O–H groups in total. The second kappa shape index (κ2) is 5.69. The van der Waals surface area contributed by atoms with Gasteiger partial charge < -0.3 is 10.6 Å². The number of nitrogens with zero attached hydrogens (tertiary/aromatic N) is 3. The lowest BCUT2D eigenvalue weighted by atomic mass is 9.95. The Morgan fingerprint density at radius 2 is 2.33 bits per heavy atom. The van der Waals surface area contributed by atoms with Crippen molar-refractivity contribution in [2.45, 2.75) is 46.1 Å². The maximum Gasteiger partial charge on any atom is 0.244 e. The molecule has 0 aromatic carbocycles. The molecular formula is C13H25N5. The van der Waals surface area contributed by atoms with E-state index in [0.29, 0.717) is 11.8 Å². The number of rotatable bonds is 4. The third-order valence-electron chi connectivity index (χ3n) is 4.06. The van der Waals surface area contributed by atoms with Gasteiger partial charge in [-0.1, -0.05) is 27.2 Å². The Labute approximate surface area is 109 Å². The number of aromatic amines is 1. The van der Waals surface area contributed by atoms with Gasteiger partial charge in [-0.05, 0) is 18.3 Å². The van der Waals surface area contributed by atoms with E-state index < -0.39 is 0 Å². The molecule has 0 saturated carbocycles. The number of anilines is 1. The smallest absolute Gasteiger partial charge is 0.244 e. The Morgan fingerprint density at radius 1 is 1.56 bits per heavy atom. The number of nitrogens with one attached hydrogen (secondary N) is 1. The van der Waals surface area contributed by atoms with E-state index in [1.807, 2.05) is 0 Å². The van der Waals surface area contributed by atoms with Crippen molar-refractivity contribution in [3.8, 4) is 0 Å². The molecule has 102 valence electrons. The Morgan fingerprint density at radius 3 is 3.00 bits per heavy atom. The first kappa shape index (κ1) is 13.3. The molecule has 2 heterocycles. The van der Waals surface area contributed by atoms with Crippen molar-refractivity contribution in [3.63, 3.8) is 0 Å².